The number of carbonyl (C=O) groups is 1. The molecular formula is C11H22O4Si. The van der Waals surface area contributed by atoms with Crippen LogP contribution in [0, 0.1) is 0 Å². The van der Waals surface area contributed by atoms with Gasteiger partial charge in [-0.2, -0.15) is 0 Å². The first-order chi connectivity index (χ1) is 7.28. The van der Waals surface area contributed by atoms with Crippen LogP contribution in [0.2, 0.25) is 12.6 Å². The minimum absolute atomic E-state index is 0.492. The van der Waals surface area contributed by atoms with Gasteiger partial charge in [-0.05, 0) is 19.5 Å². The molecule has 0 spiro atoms. The Hall–Kier alpha value is -0.653. The zero-order valence-electron chi connectivity index (χ0n) is 10.8. The molecule has 16 heavy (non-hydrogen) atoms. The van der Waals surface area contributed by atoms with Crippen molar-refractivity contribution in [3.05, 3.63) is 12.7 Å². The Morgan fingerprint density at radius 3 is 2.38 bits per heavy atom. The summed E-state index contributed by atoms with van der Waals surface area (Å²) in [7, 11) is -2.25. The average molecular weight is 246 g/mol. The van der Waals surface area contributed by atoms with E-state index in [-0.39, 0.29) is 0 Å². The van der Waals surface area contributed by atoms with E-state index in [0.29, 0.717) is 6.61 Å². The monoisotopic (exact) mass is 246 g/mol. The van der Waals surface area contributed by atoms with E-state index >= 15 is 0 Å². The Morgan fingerprint density at radius 1 is 1.44 bits per heavy atom. The van der Waals surface area contributed by atoms with Crippen molar-refractivity contribution in [3.63, 3.8) is 0 Å². The van der Waals surface area contributed by atoms with E-state index in [1.807, 2.05) is 20.4 Å². The number of esters is 1. The van der Waals surface area contributed by atoms with Gasteiger partial charge in [0, 0.05) is 26.5 Å². The van der Waals surface area contributed by atoms with Gasteiger partial charge in [-0.1, -0.05) is 13.5 Å². The van der Waals surface area contributed by atoms with Crippen molar-refractivity contribution in [1.29, 1.82) is 0 Å². The maximum atomic E-state index is 11.1. The Labute approximate surface area is 98.8 Å². The van der Waals surface area contributed by atoms with Crippen LogP contribution in [0.3, 0.4) is 0 Å². The largest absolute Gasteiger partial charge is 0.431 e. The molecule has 0 amide bonds. The number of hydrogen-bond acceptors (Lipinski definition) is 4. The normalized spacial score (nSPS) is 15.3. The lowest BCUT2D eigenvalue weighted by Gasteiger charge is -2.34. The zero-order valence-corrected chi connectivity index (χ0v) is 11.8. The Kier molecular flexibility index (Phi) is 5.92. The molecule has 0 radical (unpaired) electrons. The second kappa shape index (κ2) is 6.17. The molecule has 1 atom stereocenters. The molecule has 0 fully saturated rings. The molecule has 0 N–H and O–H groups in total. The maximum absolute atomic E-state index is 11.1. The predicted octanol–water partition coefficient (Wildman–Crippen LogP) is 2.60. The van der Waals surface area contributed by atoms with E-state index in [9.17, 15) is 4.79 Å². The molecule has 1 unspecified atom stereocenters. The van der Waals surface area contributed by atoms with Gasteiger partial charge in [-0.25, -0.2) is 4.79 Å². The van der Waals surface area contributed by atoms with Crippen LogP contribution in [0.15, 0.2) is 12.7 Å². The summed E-state index contributed by atoms with van der Waals surface area (Å²) in [6.07, 6.45) is 1.12. The summed E-state index contributed by atoms with van der Waals surface area (Å²) in [5, 5.41) is 0. The molecule has 94 valence electrons. The van der Waals surface area contributed by atoms with Crippen LogP contribution in [0.25, 0.3) is 0 Å². The van der Waals surface area contributed by atoms with Gasteiger partial charge in [0.2, 0.25) is 5.79 Å². The second-order valence-electron chi connectivity index (χ2n) is 4.05. The molecule has 5 heteroatoms. The van der Waals surface area contributed by atoms with Crippen LogP contribution in [-0.4, -0.2) is 26.9 Å². The summed E-state index contributed by atoms with van der Waals surface area (Å²) < 4.78 is 16.5. The van der Waals surface area contributed by atoms with Gasteiger partial charge in [0.05, 0.1) is 0 Å². The zero-order chi connectivity index (χ0) is 12.8. The SMILES string of the molecule is C=CC(=O)OC(C)(C)O[Si](C)(CC)OCC. The Balaban J connectivity index is 4.52. The summed E-state index contributed by atoms with van der Waals surface area (Å²) >= 11 is 0. The molecule has 0 heterocycles. The van der Waals surface area contributed by atoms with Crippen molar-refractivity contribution in [2.24, 2.45) is 0 Å². The van der Waals surface area contributed by atoms with Crippen molar-refractivity contribution in [2.45, 2.75) is 46.1 Å². The lowest BCUT2D eigenvalue weighted by molar-refractivity contribution is -0.187. The van der Waals surface area contributed by atoms with Gasteiger partial charge in [0.1, 0.15) is 0 Å². The molecule has 0 aromatic heterocycles. The van der Waals surface area contributed by atoms with Gasteiger partial charge < -0.3 is 13.6 Å². The average Bonchev–Trinajstić information content (AvgIpc) is 2.16. The van der Waals surface area contributed by atoms with Gasteiger partial charge in [-0.3, -0.25) is 0 Å². The van der Waals surface area contributed by atoms with Crippen molar-refractivity contribution in [1.82, 2.24) is 0 Å². The van der Waals surface area contributed by atoms with Crippen LogP contribution in [0.4, 0.5) is 0 Å². The van der Waals surface area contributed by atoms with Crippen molar-refractivity contribution in [3.8, 4) is 0 Å². The smallest absolute Gasteiger partial charge is 0.337 e. The third-order valence-corrected chi connectivity index (χ3v) is 5.17. The lowest BCUT2D eigenvalue weighted by Crippen LogP contribution is -2.47. The fraction of sp³-hybridized carbons (Fsp3) is 0.727. The number of hydrogen-bond donors (Lipinski definition) is 0. The topological polar surface area (TPSA) is 44.8 Å². The third-order valence-electron chi connectivity index (χ3n) is 2.07. The fourth-order valence-corrected chi connectivity index (χ4v) is 3.43. The first kappa shape index (κ1) is 15.3. The highest BCUT2D eigenvalue weighted by Gasteiger charge is 2.37. The maximum Gasteiger partial charge on any atom is 0.337 e. The summed E-state index contributed by atoms with van der Waals surface area (Å²) in [4.78, 5) is 11.1. The van der Waals surface area contributed by atoms with Gasteiger partial charge in [0.25, 0.3) is 0 Å². The van der Waals surface area contributed by atoms with Crippen LogP contribution in [0.5, 0.6) is 0 Å². The molecule has 0 bridgehead atoms. The first-order valence-electron chi connectivity index (χ1n) is 5.48. The minimum atomic E-state index is -2.25. The van der Waals surface area contributed by atoms with Gasteiger partial charge >= 0.3 is 14.5 Å². The fourth-order valence-electron chi connectivity index (χ4n) is 1.33. The third kappa shape index (κ3) is 5.44. The summed E-state index contributed by atoms with van der Waals surface area (Å²) in [5.41, 5.74) is 0. The van der Waals surface area contributed by atoms with Crippen molar-refractivity contribution in [2.75, 3.05) is 6.61 Å². The molecule has 0 aromatic rings. The predicted molar refractivity (Wildman–Crippen MR) is 65.2 cm³/mol. The number of rotatable bonds is 7. The molecule has 0 aliphatic heterocycles. The molecule has 0 saturated carbocycles. The van der Waals surface area contributed by atoms with Gasteiger partial charge in [-0.15, -0.1) is 0 Å². The quantitative estimate of drug-likeness (QED) is 0.300. The summed E-state index contributed by atoms with van der Waals surface area (Å²) in [6, 6.07) is 0.801. The molecule has 0 saturated heterocycles. The van der Waals surface area contributed by atoms with E-state index in [0.717, 1.165) is 12.1 Å². The van der Waals surface area contributed by atoms with E-state index in [1.165, 1.54) is 0 Å². The molecule has 0 aliphatic carbocycles. The van der Waals surface area contributed by atoms with Crippen LogP contribution in [-0.2, 0) is 18.4 Å². The van der Waals surface area contributed by atoms with Crippen LogP contribution in [0.1, 0.15) is 27.7 Å². The first-order valence-corrected chi connectivity index (χ1v) is 8.00. The molecular weight excluding hydrogens is 224 g/mol. The van der Waals surface area contributed by atoms with Crippen molar-refractivity contribution >= 4 is 14.5 Å². The highest BCUT2D eigenvalue weighted by molar-refractivity contribution is 6.66. The van der Waals surface area contributed by atoms with E-state index in [2.05, 4.69) is 6.58 Å². The molecule has 0 aliphatic rings. The Bertz CT molecular complexity index is 252. The van der Waals surface area contributed by atoms with E-state index in [1.54, 1.807) is 13.8 Å². The molecule has 0 aromatic carbocycles. The van der Waals surface area contributed by atoms with Gasteiger partial charge in [0.15, 0.2) is 0 Å². The molecule has 4 nitrogen and oxygen atoms in total. The molecule has 0 rings (SSSR count). The standard InChI is InChI=1S/C11H22O4Si/c1-7-10(12)14-11(4,5)15-16(6,9-3)13-8-2/h7H,1,8-9H2,2-6H3. The summed E-state index contributed by atoms with van der Waals surface area (Å²) in [5.74, 6) is -1.47. The lowest BCUT2D eigenvalue weighted by atomic mass is 10.4. The van der Waals surface area contributed by atoms with Crippen molar-refractivity contribution < 1.29 is 18.4 Å². The highest BCUT2D eigenvalue weighted by atomic mass is 28.4. The number of ether oxygens (including phenoxy) is 1. The van der Waals surface area contributed by atoms with E-state index in [4.69, 9.17) is 13.6 Å². The minimum Gasteiger partial charge on any atom is -0.431 e. The summed E-state index contributed by atoms with van der Waals surface area (Å²) in [6.45, 7) is 13.2. The number of carbonyl (C=O) groups excluding carboxylic acids is 1. The highest BCUT2D eigenvalue weighted by Crippen LogP contribution is 2.23. The van der Waals surface area contributed by atoms with Crippen LogP contribution >= 0.6 is 0 Å². The Morgan fingerprint density at radius 2 is 2.00 bits per heavy atom. The second-order valence-corrected chi connectivity index (χ2v) is 7.52. The van der Waals surface area contributed by atoms with Crippen LogP contribution < -0.4 is 0 Å². The van der Waals surface area contributed by atoms with E-state index < -0.39 is 20.3 Å².